The Morgan fingerprint density at radius 3 is 2.66 bits per heavy atom. The maximum Gasteiger partial charge on any atom is 0.413 e. The summed E-state index contributed by atoms with van der Waals surface area (Å²) in [5, 5.41) is 29.3. The van der Waals surface area contributed by atoms with Gasteiger partial charge in [0.15, 0.2) is 5.84 Å². The lowest BCUT2D eigenvalue weighted by molar-refractivity contribution is 0.141. The molecular formula is C24H30N6O4S. The smallest absolute Gasteiger partial charge is 0.413 e. The highest BCUT2D eigenvalue weighted by molar-refractivity contribution is 7.97. The molecule has 4 rings (SSSR count). The molecule has 35 heavy (non-hydrogen) atoms. The molecule has 10 nitrogen and oxygen atoms in total. The Labute approximate surface area is 208 Å². The molecule has 11 heteroatoms. The number of aliphatic hydroxyl groups excluding tert-OH is 1. The summed E-state index contributed by atoms with van der Waals surface area (Å²) in [4.78, 5) is 19.7. The van der Waals surface area contributed by atoms with Crippen LogP contribution in [-0.4, -0.2) is 66.3 Å². The molecule has 2 aliphatic heterocycles. The van der Waals surface area contributed by atoms with Gasteiger partial charge in [-0.05, 0) is 70.2 Å². The molecular weight excluding hydrogens is 468 g/mol. The van der Waals surface area contributed by atoms with Gasteiger partial charge in [0.1, 0.15) is 18.0 Å². The van der Waals surface area contributed by atoms with Gasteiger partial charge in [-0.25, -0.2) is 4.79 Å². The zero-order valence-electron chi connectivity index (χ0n) is 20.8. The fraction of sp³-hybridized carbons (Fsp3) is 0.458. The van der Waals surface area contributed by atoms with Crippen molar-refractivity contribution in [3.63, 3.8) is 0 Å². The third kappa shape index (κ3) is 4.57. The van der Waals surface area contributed by atoms with Crippen molar-refractivity contribution in [2.75, 3.05) is 13.7 Å². The Hall–Kier alpha value is -3.18. The summed E-state index contributed by atoms with van der Waals surface area (Å²) in [7, 11) is 1.63. The van der Waals surface area contributed by atoms with Crippen molar-refractivity contribution in [3.8, 4) is 17.0 Å². The first-order valence-corrected chi connectivity index (χ1v) is 12.2. The Morgan fingerprint density at radius 2 is 2.03 bits per heavy atom. The quantitative estimate of drug-likeness (QED) is 0.510. The molecule has 186 valence electrons. The average molecular weight is 499 g/mol. The van der Waals surface area contributed by atoms with E-state index in [-0.39, 0.29) is 19.0 Å². The number of carboxylic acid groups (broad SMARTS) is 1. The first kappa shape index (κ1) is 24.9. The third-order valence-corrected chi connectivity index (χ3v) is 6.72. The number of amides is 1. The van der Waals surface area contributed by atoms with Crippen molar-refractivity contribution < 1.29 is 19.7 Å². The number of amidine groups is 1. The van der Waals surface area contributed by atoms with Crippen molar-refractivity contribution >= 4 is 23.9 Å². The van der Waals surface area contributed by atoms with E-state index in [1.54, 1.807) is 13.3 Å². The van der Waals surface area contributed by atoms with E-state index in [0.29, 0.717) is 23.6 Å². The van der Waals surface area contributed by atoms with Crippen molar-refractivity contribution in [1.82, 2.24) is 24.9 Å². The molecule has 3 aliphatic rings. The summed E-state index contributed by atoms with van der Waals surface area (Å²) in [5.74, 6) is 1.57. The van der Waals surface area contributed by atoms with Gasteiger partial charge in [-0.3, -0.25) is 9.88 Å². The van der Waals surface area contributed by atoms with Crippen LogP contribution in [0, 0.1) is 13.8 Å². The van der Waals surface area contributed by atoms with Crippen LogP contribution in [0.1, 0.15) is 54.4 Å². The van der Waals surface area contributed by atoms with Gasteiger partial charge in [-0.1, -0.05) is 0 Å². The predicted molar refractivity (Wildman–Crippen MR) is 134 cm³/mol. The zero-order valence-corrected chi connectivity index (χ0v) is 21.6. The van der Waals surface area contributed by atoms with Crippen molar-refractivity contribution in [2.24, 2.45) is 4.40 Å². The molecule has 0 aromatic carbocycles. The highest BCUT2D eigenvalue weighted by Crippen LogP contribution is 2.39. The lowest BCUT2D eigenvalue weighted by Gasteiger charge is -2.33. The van der Waals surface area contributed by atoms with E-state index in [0.717, 1.165) is 39.3 Å². The molecule has 0 atom stereocenters. The summed E-state index contributed by atoms with van der Waals surface area (Å²) in [6, 6.07) is 1.95. The molecule has 2 N–H and O–H groups in total. The lowest BCUT2D eigenvalue weighted by Crippen LogP contribution is -2.49. The van der Waals surface area contributed by atoms with E-state index in [1.165, 1.54) is 21.6 Å². The fourth-order valence-corrected chi connectivity index (χ4v) is 5.25. The summed E-state index contributed by atoms with van der Waals surface area (Å²) in [6.45, 7) is 9.61. The van der Waals surface area contributed by atoms with Crippen LogP contribution < -0.4 is 4.74 Å². The number of ether oxygens (including phenoxy) is 1. The fourth-order valence-electron chi connectivity index (χ4n) is 4.44. The molecule has 0 radical (unpaired) electrons. The van der Waals surface area contributed by atoms with Crippen LogP contribution in [0.15, 0.2) is 16.7 Å². The van der Waals surface area contributed by atoms with Gasteiger partial charge in [-0.2, -0.15) is 19.4 Å². The minimum Gasteiger partial charge on any atom is -0.496 e. The van der Waals surface area contributed by atoms with Crippen molar-refractivity contribution in [2.45, 2.75) is 58.9 Å². The highest BCUT2D eigenvalue weighted by Gasteiger charge is 2.37. The van der Waals surface area contributed by atoms with Gasteiger partial charge in [0.05, 0.1) is 18.5 Å². The van der Waals surface area contributed by atoms with E-state index < -0.39 is 11.6 Å². The molecule has 1 amide bonds. The SMILES string of the molecule is COc1c(C)cnc(Cn2nc3cc(CCO)c4c-3c(n2)C(N(C(=O)O)C(C)(C)C)=NSC4)c1C. The Morgan fingerprint density at radius 1 is 1.29 bits per heavy atom. The first-order valence-electron chi connectivity index (χ1n) is 11.3. The summed E-state index contributed by atoms with van der Waals surface area (Å²) >= 11 is 1.27. The summed E-state index contributed by atoms with van der Waals surface area (Å²) in [6.07, 6.45) is 1.12. The van der Waals surface area contributed by atoms with Crippen molar-refractivity contribution in [1.29, 1.82) is 0 Å². The van der Waals surface area contributed by atoms with Gasteiger partial charge >= 0.3 is 6.09 Å². The van der Waals surface area contributed by atoms with E-state index in [4.69, 9.17) is 14.9 Å². The largest absolute Gasteiger partial charge is 0.496 e. The minimum atomic E-state index is -1.11. The Bertz CT molecular complexity index is 1280. The number of aryl methyl sites for hydroxylation is 1. The molecule has 0 saturated heterocycles. The average Bonchev–Trinajstić information content (AvgIpc) is 2.99. The van der Waals surface area contributed by atoms with E-state index >= 15 is 0 Å². The van der Waals surface area contributed by atoms with E-state index in [1.807, 2.05) is 40.7 Å². The number of rotatable bonds is 5. The maximum absolute atomic E-state index is 12.3. The highest BCUT2D eigenvalue weighted by atomic mass is 32.2. The number of nitrogens with zero attached hydrogens (tertiary/aromatic N) is 6. The molecule has 0 saturated carbocycles. The zero-order chi connectivity index (χ0) is 25.5. The van der Waals surface area contributed by atoms with Crippen LogP contribution in [0.5, 0.6) is 5.75 Å². The molecule has 1 aromatic heterocycles. The van der Waals surface area contributed by atoms with Gasteiger partial charge in [0.2, 0.25) is 0 Å². The molecule has 1 aromatic rings. The first-order chi connectivity index (χ1) is 16.6. The number of hydrogen-bond donors (Lipinski definition) is 2. The molecule has 0 fully saturated rings. The second kappa shape index (κ2) is 9.46. The van der Waals surface area contributed by atoms with Crippen molar-refractivity contribution in [3.05, 3.63) is 45.9 Å². The van der Waals surface area contributed by atoms with Crippen LogP contribution in [0.2, 0.25) is 0 Å². The van der Waals surface area contributed by atoms with Gasteiger partial charge in [0.25, 0.3) is 0 Å². The topological polar surface area (TPSA) is 126 Å². The Balaban J connectivity index is 1.92. The van der Waals surface area contributed by atoms with Gasteiger partial charge in [-0.15, -0.1) is 0 Å². The lowest BCUT2D eigenvalue weighted by atomic mass is 10.0. The van der Waals surface area contributed by atoms with Crippen LogP contribution in [-0.2, 0) is 18.7 Å². The second-order valence-corrected chi connectivity index (χ2v) is 10.2. The number of aromatic nitrogens is 4. The molecule has 1 aliphatic carbocycles. The standard InChI is InChI=1S/C24H30N6O4S/c1-13-10-25-18(14(2)21(13)34-6)11-29-26-17-9-15(7-8-31)16-12-35-28-22(20(27-29)19(16)17)30(23(32)33)24(3,4)5/h9-10,31H,7-8,11-12H2,1-6H3,(H,32,33). The third-order valence-electron chi connectivity index (χ3n) is 6.00. The number of carbonyl (C=O) groups is 1. The molecule has 0 unspecified atom stereocenters. The summed E-state index contributed by atoms with van der Waals surface area (Å²) < 4.78 is 10.2. The molecule has 0 bridgehead atoms. The van der Waals surface area contributed by atoms with Gasteiger partial charge < -0.3 is 14.9 Å². The van der Waals surface area contributed by atoms with Crippen LogP contribution in [0.4, 0.5) is 4.79 Å². The number of aliphatic hydroxyl groups is 1. The normalized spacial score (nSPS) is 13.5. The molecule has 0 spiro atoms. The van der Waals surface area contributed by atoms with Crippen LogP contribution >= 0.6 is 11.9 Å². The molecule has 3 heterocycles. The monoisotopic (exact) mass is 498 g/mol. The van der Waals surface area contributed by atoms with Crippen LogP contribution in [0.3, 0.4) is 0 Å². The van der Waals surface area contributed by atoms with E-state index in [9.17, 15) is 15.0 Å². The number of pyridine rings is 1. The summed E-state index contributed by atoms with van der Waals surface area (Å²) in [5.41, 5.74) is 5.67. The Kier molecular flexibility index (Phi) is 6.74. The second-order valence-electron chi connectivity index (χ2n) is 9.48. The van der Waals surface area contributed by atoms with Crippen LogP contribution in [0.25, 0.3) is 11.3 Å². The van der Waals surface area contributed by atoms with Gasteiger partial charge in [0, 0.05) is 40.8 Å². The minimum absolute atomic E-state index is 0.0000173. The maximum atomic E-state index is 12.3. The van der Waals surface area contributed by atoms with E-state index in [2.05, 4.69) is 9.38 Å². The number of methoxy groups -OCH3 is 1. The predicted octanol–water partition coefficient (Wildman–Crippen LogP) is 3.67. The number of hydrogen-bond acceptors (Lipinski definition) is 8.